The van der Waals surface area contributed by atoms with Crippen LogP contribution in [0.4, 0.5) is 20.6 Å². The van der Waals surface area contributed by atoms with E-state index in [1.54, 1.807) is 52.0 Å². The number of hydrazine groups is 1. The van der Waals surface area contributed by atoms with Crippen molar-refractivity contribution in [2.24, 2.45) is 0 Å². The molecule has 3 amide bonds. The Kier molecular flexibility index (Phi) is 8.34. The third-order valence-corrected chi connectivity index (χ3v) is 4.25. The number of halogens is 1. The third-order valence-electron chi connectivity index (χ3n) is 4.25. The van der Waals surface area contributed by atoms with Gasteiger partial charge in [0.15, 0.2) is 0 Å². The van der Waals surface area contributed by atoms with Gasteiger partial charge in [-0.05, 0) is 63.6 Å². The largest absolute Gasteiger partial charge is 0.444 e. The maximum Gasteiger partial charge on any atom is 0.408 e. The van der Waals surface area contributed by atoms with Gasteiger partial charge in [0.05, 0.1) is 23.0 Å². The van der Waals surface area contributed by atoms with Crippen LogP contribution in [-0.2, 0) is 9.53 Å². The maximum absolute atomic E-state index is 14.5. The second kappa shape index (κ2) is 10.9. The van der Waals surface area contributed by atoms with Crippen LogP contribution < -0.4 is 21.5 Å². The molecule has 0 saturated carbocycles. The highest BCUT2D eigenvalue weighted by Gasteiger charge is 2.25. The Labute approximate surface area is 191 Å². The fraction of sp³-hybridized carbons (Fsp3) is 0.304. The molecule has 9 nitrogen and oxygen atoms in total. The number of nitrogens with zero attached hydrogens (tertiary/aromatic N) is 1. The van der Waals surface area contributed by atoms with Crippen LogP contribution in [0.3, 0.4) is 0 Å². The van der Waals surface area contributed by atoms with Gasteiger partial charge in [-0.2, -0.15) is 5.26 Å². The van der Waals surface area contributed by atoms with Gasteiger partial charge in [0.25, 0.3) is 5.91 Å². The zero-order valence-electron chi connectivity index (χ0n) is 18.8. The fourth-order valence-electron chi connectivity index (χ4n) is 2.70. The molecular formula is C23H26FN5O4. The molecule has 0 bridgehead atoms. The minimum absolute atomic E-state index is 0.0661. The summed E-state index contributed by atoms with van der Waals surface area (Å²) < 4.78 is 19.6. The van der Waals surface area contributed by atoms with Gasteiger partial charge in [0.2, 0.25) is 5.91 Å². The lowest BCUT2D eigenvalue weighted by Crippen LogP contribution is -2.45. The number of hydrogen-bond donors (Lipinski definition) is 4. The molecule has 2 aromatic rings. The Morgan fingerprint density at radius 2 is 1.79 bits per heavy atom. The van der Waals surface area contributed by atoms with Gasteiger partial charge in [-0.3, -0.25) is 20.4 Å². The van der Waals surface area contributed by atoms with Crippen LogP contribution in [0, 0.1) is 17.1 Å². The van der Waals surface area contributed by atoms with Gasteiger partial charge >= 0.3 is 6.09 Å². The average molecular weight is 455 g/mol. The number of amides is 3. The molecule has 174 valence electrons. The summed E-state index contributed by atoms with van der Waals surface area (Å²) in [5.41, 5.74) is 4.69. The lowest BCUT2D eigenvalue weighted by molar-refractivity contribution is -0.118. The van der Waals surface area contributed by atoms with E-state index in [-0.39, 0.29) is 17.7 Å². The van der Waals surface area contributed by atoms with E-state index in [1.807, 2.05) is 6.07 Å². The van der Waals surface area contributed by atoms with Crippen molar-refractivity contribution in [2.45, 2.75) is 45.8 Å². The fourth-order valence-corrected chi connectivity index (χ4v) is 2.70. The van der Waals surface area contributed by atoms with Crippen LogP contribution >= 0.6 is 0 Å². The zero-order valence-corrected chi connectivity index (χ0v) is 18.8. The summed E-state index contributed by atoms with van der Waals surface area (Å²) in [7, 11) is 0. The predicted octanol–water partition coefficient (Wildman–Crippen LogP) is 3.70. The summed E-state index contributed by atoms with van der Waals surface area (Å²) in [6.45, 7) is 6.76. The molecule has 0 aliphatic carbocycles. The molecule has 0 heterocycles. The molecule has 0 saturated heterocycles. The summed E-state index contributed by atoms with van der Waals surface area (Å²) in [5, 5.41) is 13.8. The standard InChI is InChI=1S/C23H26FN5O4/c1-5-17(27-22(32)33-23(2,3)4)20(30)26-18-8-6-7-16(24)19(18)21(31)29-28-15-11-9-14(13-25)10-12-15/h6-12,17,28H,5H2,1-4H3,(H,26,30)(H,27,32)(H,29,31)/t17-/m0/s1. The van der Waals surface area contributed by atoms with Gasteiger partial charge in [0.1, 0.15) is 23.0 Å². The van der Waals surface area contributed by atoms with E-state index in [0.29, 0.717) is 11.3 Å². The second-order valence-electron chi connectivity index (χ2n) is 8.03. The summed E-state index contributed by atoms with van der Waals surface area (Å²) >= 11 is 0. The number of nitrogens with one attached hydrogen (secondary N) is 4. The first kappa shape index (κ1) is 25.1. The van der Waals surface area contributed by atoms with E-state index in [0.717, 1.165) is 6.07 Å². The highest BCUT2D eigenvalue weighted by molar-refractivity contribution is 6.05. The number of benzene rings is 2. The Bertz CT molecular complexity index is 1060. The van der Waals surface area contributed by atoms with Crippen LogP contribution in [-0.4, -0.2) is 29.6 Å². The predicted molar refractivity (Wildman–Crippen MR) is 121 cm³/mol. The Hall–Kier alpha value is -4.13. The monoisotopic (exact) mass is 455 g/mol. The Morgan fingerprint density at radius 1 is 1.12 bits per heavy atom. The first-order valence-electron chi connectivity index (χ1n) is 10.2. The summed E-state index contributed by atoms with van der Waals surface area (Å²) in [6.07, 6.45) is -0.532. The number of carbonyl (C=O) groups excluding carboxylic acids is 3. The molecule has 0 aliphatic heterocycles. The molecule has 2 rings (SSSR count). The Balaban J connectivity index is 2.11. The van der Waals surface area contributed by atoms with Crippen molar-refractivity contribution < 1.29 is 23.5 Å². The quantitative estimate of drug-likeness (QED) is 0.471. The summed E-state index contributed by atoms with van der Waals surface area (Å²) in [4.78, 5) is 37.3. The van der Waals surface area contributed by atoms with Crippen LogP contribution in [0.15, 0.2) is 42.5 Å². The van der Waals surface area contributed by atoms with Crippen molar-refractivity contribution in [1.82, 2.24) is 10.7 Å². The van der Waals surface area contributed by atoms with Crippen molar-refractivity contribution >= 4 is 29.3 Å². The number of anilines is 2. The van der Waals surface area contributed by atoms with Crippen molar-refractivity contribution in [3.63, 3.8) is 0 Å². The number of alkyl carbamates (subject to hydrolysis) is 1. The second-order valence-corrected chi connectivity index (χ2v) is 8.03. The van der Waals surface area contributed by atoms with Crippen LogP contribution in [0.5, 0.6) is 0 Å². The van der Waals surface area contributed by atoms with Crippen molar-refractivity contribution in [1.29, 1.82) is 5.26 Å². The number of carbonyl (C=O) groups is 3. The van der Waals surface area contributed by atoms with E-state index in [2.05, 4.69) is 21.5 Å². The van der Waals surface area contributed by atoms with E-state index >= 15 is 0 Å². The molecule has 10 heteroatoms. The molecule has 0 unspecified atom stereocenters. The van der Waals surface area contributed by atoms with E-state index < -0.39 is 35.4 Å². The van der Waals surface area contributed by atoms with Crippen LogP contribution in [0.1, 0.15) is 50.0 Å². The molecule has 4 N–H and O–H groups in total. The number of nitriles is 1. The van der Waals surface area contributed by atoms with Crippen molar-refractivity contribution in [3.8, 4) is 6.07 Å². The smallest absolute Gasteiger partial charge is 0.408 e. The molecule has 0 spiro atoms. The molecule has 2 aromatic carbocycles. The van der Waals surface area contributed by atoms with Crippen molar-refractivity contribution in [2.75, 3.05) is 10.7 Å². The van der Waals surface area contributed by atoms with Gasteiger partial charge in [-0.1, -0.05) is 13.0 Å². The molecule has 0 radical (unpaired) electrons. The van der Waals surface area contributed by atoms with E-state index in [4.69, 9.17) is 10.00 Å². The molecule has 0 fully saturated rings. The van der Waals surface area contributed by atoms with Gasteiger partial charge < -0.3 is 15.4 Å². The number of ether oxygens (including phenoxy) is 1. The number of hydrogen-bond acceptors (Lipinski definition) is 6. The SMILES string of the molecule is CC[C@H](NC(=O)OC(C)(C)C)C(=O)Nc1cccc(F)c1C(=O)NNc1ccc(C#N)cc1. The molecule has 33 heavy (non-hydrogen) atoms. The van der Waals surface area contributed by atoms with Crippen LogP contribution in [0.25, 0.3) is 0 Å². The highest BCUT2D eigenvalue weighted by Crippen LogP contribution is 2.20. The van der Waals surface area contributed by atoms with Gasteiger partial charge in [-0.25, -0.2) is 9.18 Å². The minimum atomic E-state index is -0.962. The molecular weight excluding hydrogens is 429 g/mol. The third kappa shape index (κ3) is 7.50. The van der Waals surface area contributed by atoms with E-state index in [9.17, 15) is 18.8 Å². The minimum Gasteiger partial charge on any atom is -0.444 e. The molecule has 0 aromatic heterocycles. The zero-order chi connectivity index (χ0) is 24.6. The average Bonchev–Trinajstić information content (AvgIpc) is 2.75. The topological polar surface area (TPSA) is 132 Å². The van der Waals surface area contributed by atoms with Gasteiger partial charge in [0, 0.05) is 0 Å². The maximum atomic E-state index is 14.5. The summed E-state index contributed by atoms with van der Waals surface area (Å²) in [6, 6.07) is 11.0. The first-order valence-corrected chi connectivity index (χ1v) is 10.2. The molecule has 0 aliphatic rings. The highest BCUT2D eigenvalue weighted by atomic mass is 19.1. The normalized spacial score (nSPS) is 11.5. The van der Waals surface area contributed by atoms with Gasteiger partial charge in [-0.15, -0.1) is 0 Å². The first-order chi connectivity index (χ1) is 15.5. The lowest BCUT2D eigenvalue weighted by Gasteiger charge is -2.23. The lowest BCUT2D eigenvalue weighted by atomic mass is 10.1. The summed E-state index contributed by atoms with van der Waals surface area (Å²) in [5.74, 6) is -2.32. The number of rotatable bonds is 7. The van der Waals surface area contributed by atoms with E-state index in [1.165, 1.54) is 12.1 Å². The molecule has 1 atom stereocenters. The van der Waals surface area contributed by atoms with Crippen LogP contribution in [0.2, 0.25) is 0 Å². The van der Waals surface area contributed by atoms with Crippen molar-refractivity contribution in [3.05, 3.63) is 59.4 Å². The Morgan fingerprint density at radius 3 is 2.36 bits per heavy atom.